The Balaban J connectivity index is 1.81. The van der Waals surface area contributed by atoms with Gasteiger partial charge < -0.3 is 15.2 Å². The van der Waals surface area contributed by atoms with Gasteiger partial charge in [0, 0.05) is 12.1 Å². The first kappa shape index (κ1) is 19.0. The lowest BCUT2D eigenvalue weighted by Gasteiger charge is -2.14. The predicted octanol–water partition coefficient (Wildman–Crippen LogP) is 2.85. The molecule has 0 spiro atoms. The number of nitrogens with zero attached hydrogens (tertiary/aromatic N) is 3. The molecular weight excluding hydrogens is 342 g/mol. The Bertz CT molecular complexity index is 727. The van der Waals surface area contributed by atoms with Crippen molar-refractivity contribution in [3.05, 3.63) is 24.1 Å². The highest BCUT2D eigenvalue weighted by Crippen LogP contribution is 2.18. The molecule has 0 bridgehead atoms. The number of hydrogen-bond acceptors (Lipinski definition) is 6. The van der Waals surface area contributed by atoms with E-state index in [4.69, 9.17) is 4.52 Å². The van der Waals surface area contributed by atoms with Crippen molar-refractivity contribution >= 4 is 35.2 Å². The molecule has 0 saturated heterocycles. The molecule has 0 aliphatic rings. The molecule has 2 N–H and O–H groups in total. The fourth-order valence-electron chi connectivity index (χ4n) is 2.05. The summed E-state index contributed by atoms with van der Waals surface area (Å²) in [6.07, 6.45) is 2.57. The fourth-order valence-corrected chi connectivity index (χ4v) is 2.73. The molecule has 8 nitrogen and oxygen atoms in total. The van der Waals surface area contributed by atoms with Gasteiger partial charge in [0.05, 0.1) is 23.2 Å². The van der Waals surface area contributed by atoms with Crippen molar-refractivity contribution in [1.82, 2.24) is 14.9 Å². The number of aromatic nitrogens is 3. The molecule has 25 heavy (non-hydrogen) atoms. The van der Waals surface area contributed by atoms with Gasteiger partial charge in [-0.3, -0.25) is 9.59 Å². The second-order valence-electron chi connectivity index (χ2n) is 5.73. The summed E-state index contributed by atoms with van der Waals surface area (Å²) in [7, 11) is 0. The van der Waals surface area contributed by atoms with Gasteiger partial charge in [-0.25, -0.2) is 4.68 Å². The van der Waals surface area contributed by atoms with Gasteiger partial charge in [-0.2, -0.15) is 5.10 Å². The topological polar surface area (TPSA) is 102 Å². The van der Waals surface area contributed by atoms with Gasteiger partial charge in [0.2, 0.25) is 11.8 Å². The lowest BCUT2D eigenvalue weighted by atomic mass is 10.3. The number of anilines is 2. The van der Waals surface area contributed by atoms with Crippen LogP contribution in [-0.4, -0.2) is 37.8 Å². The largest absolute Gasteiger partial charge is 0.360 e. The number of carbonyl (C=O) groups is 2. The van der Waals surface area contributed by atoms with E-state index in [-0.39, 0.29) is 23.6 Å². The van der Waals surface area contributed by atoms with Crippen molar-refractivity contribution in [2.75, 3.05) is 16.4 Å². The second kappa shape index (κ2) is 8.70. The van der Waals surface area contributed by atoms with E-state index in [0.29, 0.717) is 17.4 Å². The van der Waals surface area contributed by atoms with Crippen LogP contribution in [0.5, 0.6) is 0 Å². The summed E-state index contributed by atoms with van der Waals surface area (Å²) < 4.78 is 6.68. The van der Waals surface area contributed by atoms with Crippen LogP contribution < -0.4 is 10.6 Å². The molecule has 0 fully saturated rings. The Hall–Kier alpha value is -2.29. The van der Waals surface area contributed by atoms with Crippen LogP contribution in [0.25, 0.3) is 0 Å². The van der Waals surface area contributed by atoms with E-state index in [2.05, 4.69) is 27.8 Å². The number of carbonyl (C=O) groups excluding carboxylic acids is 2. The number of thioether (sulfide) groups is 1. The molecule has 0 saturated carbocycles. The lowest BCUT2D eigenvalue weighted by Crippen LogP contribution is -2.25. The van der Waals surface area contributed by atoms with Crippen LogP contribution >= 0.6 is 11.8 Å². The van der Waals surface area contributed by atoms with Crippen LogP contribution in [0.15, 0.2) is 22.9 Å². The molecule has 2 atom stereocenters. The van der Waals surface area contributed by atoms with Crippen LogP contribution in [0.4, 0.5) is 11.6 Å². The van der Waals surface area contributed by atoms with Crippen LogP contribution in [0.3, 0.4) is 0 Å². The van der Waals surface area contributed by atoms with Gasteiger partial charge in [0.25, 0.3) is 0 Å². The molecule has 0 radical (unpaired) electrons. The fraction of sp³-hybridized carbons (Fsp3) is 0.500. The third-order valence-corrected chi connectivity index (χ3v) is 4.80. The molecule has 136 valence electrons. The number of nitrogens with one attached hydrogen (secondary N) is 2. The normalized spacial score (nSPS) is 13.3. The highest BCUT2D eigenvalue weighted by Gasteiger charge is 2.18. The van der Waals surface area contributed by atoms with E-state index < -0.39 is 5.25 Å². The van der Waals surface area contributed by atoms with E-state index in [9.17, 15) is 9.59 Å². The third-order valence-electron chi connectivity index (χ3n) is 3.66. The molecule has 0 aliphatic heterocycles. The average molecular weight is 365 g/mol. The number of amides is 2. The SMILES string of the molecule is CCC(C)n1nccc1NC(=O)CSC(C)C(=O)Nc1cc(C)on1. The number of aryl methyl sites for hydroxylation is 1. The molecule has 2 unspecified atom stereocenters. The zero-order chi connectivity index (χ0) is 18.4. The highest BCUT2D eigenvalue weighted by atomic mass is 32.2. The zero-order valence-corrected chi connectivity index (χ0v) is 15.6. The van der Waals surface area contributed by atoms with Gasteiger partial charge in [-0.15, -0.1) is 11.8 Å². The molecule has 2 rings (SSSR count). The van der Waals surface area contributed by atoms with Crippen LogP contribution in [-0.2, 0) is 9.59 Å². The van der Waals surface area contributed by atoms with Gasteiger partial charge in [-0.05, 0) is 27.2 Å². The summed E-state index contributed by atoms with van der Waals surface area (Å²) in [4.78, 5) is 24.2. The van der Waals surface area contributed by atoms with Crippen molar-refractivity contribution in [1.29, 1.82) is 0 Å². The maximum atomic E-state index is 12.1. The van der Waals surface area contributed by atoms with Crippen molar-refractivity contribution in [3.8, 4) is 0 Å². The third kappa shape index (κ3) is 5.35. The summed E-state index contributed by atoms with van der Waals surface area (Å²) in [5.41, 5.74) is 0. The smallest absolute Gasteiger partial charge is 0.238 e. The van der Waals surface area contributed by atoms with Gasteiger partial charge in [0.15, 0.2) is 5.82 Å². The van der Waals surface area contributed by atoms with E-state index in [1.807, 2.05) is 6.92 Å². The summed E-state index contributed by atoms with van der Waals surface area (Å²) in [5, 5.41) is 13.0. The molecular formula is C16H23N5O3S. The molecule has 9 heteroatoms. The van der Waals surface area contributed by atoms with Crippen molar-refractivity contribution in [3.63, 3.8) is 0 Å². The summed E-state index contributed by atoms with van der Waals surface area (Å²) in [6.45, 7) is 7.58. The summed E-state index contributed by atoms with van der Waals surface area (Å²) in [5.74, 6) is 1.42. The highest BCUT2D eigenvalue weighted by molar-refractivity contribution is 8.01. The second-order valence-corrected chi connectivity index (χ2v) is 7.06. The van der Waals surface area contributed by atoms with E-state index in [0.717, 1.165) is 6.42 Å². The minimum Gasteiger partial charge on any atom is -0.360 e. The molecule has 0 aliphatic carbocycles. The Labute approximate surface area is 150 Å². The first-order valence-electron chi connectivity index (χ1n) is 8.09. The molecule has 0 aromatic carbocycles. The Morgan fingerprint density at radius 1 is 1.36 bits per heavy atom. The zero-order valence-electron chi connectivity index (χ0n) is 14.8. The minimum absolute atomic E-state index is 0.165. The lowest BCUT2D eigenvalue weighted by molar-refractivity contribution is -0.115. The quantitative estimate of drug-likeness (QED) is 0.746. The maximum absolute atomic E-state index is 12.1. The van der Waals surface area contributed by atoms with E-state index >= 15 is 0 Å². The summed E-state index contributed by atoms with van der Waals surface area (Å²) >= 11 is 1.25. The van der Waals surface area contributed by atoms with Crippen molar-refractivity contribution in [2.24, 2.45) is 0 Å². The standard InChI is InChI=1S/C16H23N5O3S/c1-5-10(2)21-14(6-7-17-21)19-15(22)9-25-12(4)16(23)18-13-8-11(3)24-20-13/h6-8,10,12H,5,9H2,1-4H3,(H,19,22)(H,18,20,23). The number of hydrogen-bond donors (Lipinski definition) is 2. The molecule has 2 heterocycles. The Kier molecular flexibility index (Phi) is 6.63. The van der Waals surface area contributed by atoms with Gasteiger partial charge in [0.1, 0.15) is 11.6 Å². The van der Waals surface area contributed by atoms with Crippen LogP contribution in [0, 0.1) is 6.92 Å². The van der Waals surface area contributed by atoms with E-state index in [1.165, 1.54) is 11.8 Å². The average Bonchev–Trinajstić information content (AvgIpc) is 3.20. The first-order chi connectivity index (χ1) is 11.9. The monoisotopic (exact) mass is 365 g/mol. The van der Waals surface area contributed by atoms with Crippen molar-refractivity contribution < 1.29 is 14.1 Å². The Morgan fingerprint density at radius 2 is 2.12 bits per heavy atom. The molecule has 2 aromatic heterocycles. The molecule has 2 amide bonds. The molecule has 2 aromatic rings. The number of rotatable bonds is 8. The van der Waals surface area contributed by atoms with E-state index in [1.54, 1.807) is 36.9 Å². The van der Waals surface area contributed by atoms with Gasteiger partial charge >= 0.3 is 0 Å². The maximum Gasteiger partial charge on any atom is 0.238 e. The predicted molar refractivity (Wildman–Crippen MR) is 97.6 cm³/mol. The summed E-state index contributed by atoms with van der Waals surface area (Å²) in [6, 6.07) is 3.60. The van der Waals surface area contributed by atoms with Crippen molar-refractivity contribution in [2.45, 2.75) is 45.4 Å². The minimum atomic E-state index is -0.401. The van der Waals surface area contributed by atoms with Crippen LogP contribution in [0.2, 0.25) is 0 Å². The van der Waals surface area contributed by atoms with Crippen LogP contribution in [0.1, 0.15) is 39.0 Å². The first-order valence-corrected chi connectivity index (χ1v) is 9.14. The Morgan fingerprint density at radius 3 is 2.76 bits per heavy atom. The van der Waals surface area contributed by atoms with Gasteiger partial charge in [-0.1, -0.05) is 12.1 Å².